The molecule has 0 aromatic heterocycles. The minimum Gasteiger partial charge on any atom is -0.478 e. The second-order valence-electron chi connectivity index (χ2n) is 3.01. The quantitative estimate of drug-likeness (QED) is 0.740. The number of carboxylic acids is 1. The van der Waals surface area contributed by atoms with E-state index in [1.54, 1.807) is 24.3 Å². The van der Waals surface area contributed by atoms with E-state index in [1.165, 1.54) is 0 Å². The van der Waals surface area contributed by atoms with Gasteiger partial charge in [0.25, 0.3) is 0 Å². The summed E-state index contributed by atoms with van der Waals surface area (Å²) in [5.74, 6) is -0.869. The van der Waals surface area contributed by atoms with Crippen molar-refractivity contribution in [2.75, 3.05) is 6.61 Å². The van der Waals surface area contributed by atoms with Crippen LogP contribution < -0.4 is 0 Å². The second-order valence-corrected chi connectivity index (χ2v) is 3.01. The molecule has 0 saturated carbocycles. The third kappa shape index (κ3) is 2.29. The zero-order chi connectivity index (χ0) is 9.84. The van der Waals surface area contributed by atoms with Gasteiger partial charge in [-0.15, -0.1) is 0 Å². The normalized spacial score (nSPS) is 12.5. The summed E-state index contributed by atoms with van der Waals surface area (Å²) in [5.41, 5.74) is 1.22. The molecule has 3 nitrogen and oxygen atoms in total. The fourth-order valence-electron chi connectivity index (χ4n) is 1.06. The molecule has 0 aliphatic carbocycles. The molecule has 3 heteroatoms. The number of carboxylic acid groups (broad SMARTS) is 1. The smallest absolute Gasteiger partial charge is 0.335 e. The summed E-state index contributed by atoms with van der Waals surface area (Å²) in [7, 11) is 0. The van der Waals surface area contributed by atoms with Crippen LogP contribution in [0.2, 0.25) is 0 Å². The number of rotatable bonds is 3. The average Bonchev–Trinajstić information content (AvgIpc) is 2.17. The zero-order valence-electron chi connectivity index (χ0n) is 7.40. The summed E-state index contributed by atoms with van der Waals surface area (Å²) in [4.78, 5) is 10.5. The maximum absolute atomic E-state index is 10.5. The fourth-order valence-corrected chi connectivity index (χ4v) is 1.06. The van der Waals surface area contributed by atoms with E-state index < -0.39 is 5.97 Å². The maximum Gasteiger partial charge on any atom is 0.335 e. The number of carbonyl (C=O) groups is 1. The van der Waals surface area contributed by atoms with Gasteiger partial charge in [0.05, 0.1) is 5.56 Å². The van der Waals surface area contributed by atoms with Crippen LogP contribution in [0.5, 0.6) is 0 Å². The van der Waals surface area contributed by atoms with Crippen molar-refractivity contribution in [3.8, 4) is 0 Å². The standard InChI is InChI=1S/C10H12O3/c1-7(6-11)8-2-4-9(5-3-8)10(12)13/h2-5,7,11H,6H2,1H3,(H,12,13)/t7-/m0/s1. The third-order valence-electron chi connectivity index (χ3n) is 2.00. The van der Waals surface area contributed by atoms with Gasteiger partial charge in [0.1, 0.15) is 0 Å². The lowest BCUT2D eigenvalue weighted by Crippen LogP contribution is -2.00. The molecule has 1 aromatic rings. The van der Waals surface area contributed by atoms with Crippen molar-refractivity contribution in [3.63, 3.8) is 0 Å². The Labute approximate surface area is 76.6 Å². The molecule has 0 heterocycles. The Morgan fingerprint density at radius 3 is 2.31 bits per heavy atom. The number of benzene rings is 1. The highest BCUT2D eigenvalue weighted by Gasteiger charge is 2.05. The summed E-state index contributed by atoms with van der Waals surface area (Å²) < 4.78 is 0. The first-order valence-corrected chi connectivity index (χ1v) is 4.09. The molecule has 1 atom stereocenters. The van der Waals surface area contributed by atoms with E-state index in [0.717, 1.165) is 5.56 Å². The summed E-state index contributed by atoms with van der Waals surface area (Å²) in [6.45, 7) is 1.96. The second kappa shape index (κ2) is 4.05. The van der Waals surface area contributed by atoms with Crippen LogP contribution in [0.4, 0.5) is 0 Å². The van der Waals surface area contributed by atoms with Crippen LogP contribution in [-0.4, -0.2) is 22.8 Å². The Kier molecular flexibility index (Phi) is 3.03. The highest BCUT2D eigenvalue weighted by molar-refractivity contribution is 5.87. The summed E-state index contributed by atoms with van der Waals surface area (Å²) in [6.07, 6.45) is 0. The van der Waals surface area contributed by atoms with Gasteiger partial charge < -0.3 is 10.2 Å². The number of aliphatic hydroxyl groups is 1. The van der Waals surface area contributed by atoms with Gasteiger partial charge in [0, 0.05) is 12.5 Å². The zero-order valence-corrected chi connectivity index (χ0v) is 7.40. The molecule has 0 aliphatic heterocycles. The van der Waals surface area contributed by atoms with Crippen molar-refractivity contribution in [3.05, 3.63) is 35.4 Å². The molecule has 0 unspecified atom stereocenters. The molecule has 13 heavy (non-hydrogen) atoms. The molecule has 0 bridgehead atoms. The van der Waals surface area contributed by atoms with Gasteiger partial charge in [-0.3, -0.25) is 0 Å². The fraction of sp³-hybridized carbons (Fsp3) is 0.300. The van der Waals surface area contributed by atoms with Crippen LogP contribution in [0.3, 0.4) is 0 Å². The number of aromatic carboxylic acids is 1. The number of hydrogen-bond acceptors (Lipinski definition) is 2. The highest BCUT2D eigenvalue weighted by atomic mass is 16.4. The van der Waals surface area contributed by atoms with Crippen molar-refractivity contribution < 1.29 is 15.0 Å². The Hall–Kier alpha value is -1.35. The van der Waals surface area contributed by atoms with Crippen molar-refractivity contribution in [2.45, 2.75) is 12.8 Å². The summed E-state index contributed by atoms with van der Waals surface area (Å²) in [5, 5.41) is 17.5. The Morgan fingerprint density at radius 1 is 1.38 bits per heavy atom. The van der Waals surface area contributed by atoms with E-state index in [-0.39, 0.29) is 18.1 Å². The van der Waals surface area contributed by atoms with Gasteiger partial charge in [0.15, 0.2) is 0 Å². The Balaban J connectivity index is 2.87. The van der Waals surface area contributed by atoms with Gasteiger partial charge in [-0.25, -0.2) is 4.79 Å². The summed E-state index contributed by atoms with van der Waals surface area (Å²) in [6, 6.07) is 6.54. The SMILES string of the molecule is C[C@@H](CO)c1ccc(C(=O)O)cc1. The molecule has 1 aromatic carbocycles. The molecule has 0 aliphatic rings. The molecule has 0 radical (unpaired) electrons. The number of hydrogen-bond donors (Lipinski definition) is 2. The molecular formula is C10H12O3. The van der Waals surface area contributed by atoms with E-state index in [9.17, 15) is 4.79 Å². The molecule has 2 N–H and O–H groups in total. The lowest BCUT2D eigenvalue weighted by molar-refractivity contribution is 0.0697. The Morgan fingerprint density at radius 2 is 1.92 bits per heavy atom. The predicted molar refractivity (Wildman–Crippen MR) is 48.9 cm³/mol. The first-order valence-electron chi connectivity index (χ1n) is 4.09. The van der Waals surface area contributed by atoms with Gasteiger partial charge in [0.2, 0.25) is 0 Å². The van der Waals surface area contributed by atoms with Crippen LogP contribution in [-0.2, 0) is 0 Å². The maximum atomic E-state index is 10.5. The van der Waals surface area contributed by atoms with E-state index >= 15 is 0 Å². The first-order chi connectivity index (χ1) is 6.15. The highest BCUT2D eigenvalue weighted by Crippen LogP contribution is 2.14. The van der Waals surface area contributed by atoms with Crippen molar-refractivity contribution >= 4 is 5.97 Å². The van der Waals surface area contributed by atoms with Crippen LogP contribution in [0.1, 0.15) is 28.8 Å². The lowest BCUT2D eigenvalue weighted by Gasteiger charge is -2.07. The average molecular weight is 180 g/mol. The van der Waals surface area contributed by atoms with Crippen LogP contribution in [0.25, 0.3) is 0 Å². The lowest BCUT2D eigenvalue weighted by atomic mass is 10.0. The van der Waals surface area contributed by atoms with E-state index in [1.807, 2.05) is 6.92 Å². The van der Waals surface area contributed by atoms with E-state index in [0.29, 0.717) is 0 Å². The van der Waals surface area contributed by atoms with Crippen LogP contribution >= 0.6 is 0 Å². The van der Waals surface area contributed by atoms with Gasteiger partial charge in [-0.2, -0.15) is 0 Å². The minimum atomic E-state index is -0.928. The minimum absolute atomic E-state index is 0.0582. The molecule has 0 amide bonds. The van der Waals surface area contributed by atoms with Crippen LogP contribution in [0, 0.1) is 0 Å². The van der Waals surface area contributed by atoms with Crippen molar-refractivity contribution in [1.29, 1.82) is 0 Å². The molecule has 70 valence electrons. The largest absolute Gasteiger partial charge is 0.478 e. The van der Waals surface area contributed by atoms with E-state index in [2.05, 4.69) is 0 Å². The molecule has 0 spiro atoms. The Bertz CT molecular complexity index is 290. The van der Waals surface area contributed by atoms with Crippen molar-refractivity contribution in [2.24, 2.45) is 0 Å². The van der Waals surface area contributed by atoms with E-state index in [4.69, 9.17) is 10.2 Å². The van der Waals surface area contributed by atoms with Gasteiger partial charge in [-0.05, 0) is 17.7 Å². The molecule has 0 fully saturated rings. The monoisotopic (exact) mass is 180 g/mol. The summed E-state index contributed by atoms with van der Waals surface area (Å²) >= 11 is 0. The van der Waals surface area contributed by atoms with Crippen LogP contribution in [0.15, 0.2) is 24.3 Å². The predicted octanol–water partition coefficient (Wildman–Crippen LogP) is 1.48. The third-order valence-corrected chi connectivity index (χ3v) is 2.00. The first kappa shape index (κ1) is 9.74. The molecule has 0 saturated heterocycles. The van der Waals surface area contributed by atoms with Crippen molar-refractivity contribution in [1.82, 2.24) is 0 Å². The molecular weight excluding hydrogens is 168 g/mol. The molecule has 1 rings (SSSR count). The topological polar surface area (TPSA) is 57.5 Å². The van der Waals surface area contributed by atoms with Gasteiger partial charge >= 0.3 is 5.97 Å². The number of aliphatic hydroxyl groups excluding tert-OH is 1. The van der Waals surface area contributed by atoms with Gasteiger partial charge in [-0.1, -0.05) is 19.1 Å².